The predicted molar refractivity (Wildman–Crippen MR) is 91.0 cm³/mol. The van der Waals surface area contributed by atoms with Gasteiger partial charge in [0.15, 0.2) is 5.82 Å². The molecule has 0 bridgehead atoms. The summed E-state index contributed by atoms with van der Waals surface area (Å²) in [5.74, 6) is 2.12. The lowest BCUT2D eigenvalue weighted by atomic mass is 9.96. The van der Waals surface area contributed by atoms with Gasteiger partial charge in [0.1, 0.15) is 12.4 Å². The highest BCUT2D eigenvalue weighted by atomic mass is 35.5. The van der Waals surface area contributed by atoms with Crippen molar-refractivity contribution in [2.24, 2.45) is 0 Å². The summed E-state index contributed by atoms with van der Waals surface area (Å²) in [6.07, 6.45) is 0. The van der Waals surface area contributed by atoms with Crippen LogP contribution in [0.5, 0.6) is 5.75 Å². The van der Waals surface area contributed by atoms with Crippen LogP contribution in [0.15, 0.2) is 28.8 Å². The Morgan fingerprint density at radius 3 is 2.70 bits per heavy atom. The van der Waals surface area contributed by atoms with Crippen LogP contribution in [0.25, 0.3) is 0 Å². The fourth-order valence-corrected chi connectivity index (χ4v) is 2.14. The molecule has 2 rings (SSSR count). The van der Waals surface area contributed by atoms with Crippen molar-refractivity contribution in [2.45, 2.75) is 39.2 Å². The molecule has 0 spiro atoms. The summed E-state index contributed by atoms with van der Waals surface area (Å²) in [7, 11) is 2.01. The first-order valence-electron chi connectivity index (χ1n) is 7.70. The number of ether oxygens (including phenoxy) is 1. The third-order valence-corrected chi connectivity index (χ3v) is 3.88. The largest absolute Gasteiger partial charge is 0.492 e. The minimum Gasteiger partial charge on any atom is -0.492 e. The van der Waals surface area contributed by atoms with E-state index in [1.807, 2.05) is 32.2 Å². The molecule has 1 heterocycles. The summed E-state index contributed by atoms with van der Waals surface area (Å²) in [5.41, 5.74) is -0.115. The highest BCUT2D eigenvalue weighted by Crippen LogP contribution is 2.23. The van der Waals surface area contributed by atoms with Crippen molar-refractivity contribution >= 4 is 11.6 Å². The molecule has 1 aromatic carbocycles. The summed E-state index contributed by atoms with van der Waals surface area (Å²) in [5, 5.41) is 4.74. The van der Waals surface area contributed by atoms with Crippen LogP contribution in [-0.4, -0.2) is 35.2 Å². The van der Waals surface area contributed by atoms with Gasteiger partial charge < -0.3 is 9.26 Å². The van der Waals surface area contributed by atoms with Gasteiger partial charge >= 0.3 is 0 Å². The number of benzene rings is 1. The standard InChI is InChI=1S/C17H24ClN3O2/c1-12(15-19-16(20-23-15)17(2,3)4)21(5)9-10-22-14-8-6-7-13(18)11-14/h6-8,11-12H,9-10H2,1-5H3. The first-order chi connectivity index (χ1) is 10.8. The van der Waals surface area contributed by atoms with E-state index in [9.17, 15) is 0 Å². The van der Waals surface area contributed by atoms with E-state index in [1.165, 1.54) is 0 Å². The van der Waals surface area contributed by atoms with E-state index in [1.54, 1.807) is 6.07 Å². The molecule has 0 N–H and O–H groups in total. The number of likely N-dealkylation sites (N-methyl/N-ethyl adjacent to an activating group) is 1. The lowest BCUT2D eigenvalue weighted by Crippen LogP contribution is -2.27. The zero-order chi connectivity index (χ0) is 17.0. The molecule has 0 aliphatic rings. The molecule has 1 unspecified atom stereocenters. The fraction of sp³-hybridized carbons (Fsp3) is 0.529. The first-order valence-corrected chi connectivity index (χ1v) is 8.08. The van der Waals surface area contributed by atoms with Gasteiger partial charge in [0.05, 0.1) is 6.04 Å². The Hall–Kier alpha value is -1.59. The number of halogens is 1. The van der Waals surface area contributed by atoms with Crippen molar-refractivity contribution in [1.82, 2.24) is 15.0 Å². The van der Waals surface area contributed by atoms with Gasteiger partial charge in [-0.2, -0.15) is 4.98 Å². The third kappa shape index (κ3) is 4.94. The van der Waals surface area contributed by atoms with E-state index >= 15 is 0 Å². The second kappa shape index (κ2) is 7.32. The predicted octanol–water partition coefficient (Wildman–Crippen LogP) is 4.09. The van der Waals surface area contributed by atoms with Gasteiger partial charge in [-0.1, -0.05) is 43.6 Å². The van der Waals surface area contributed by atoms with E-state index in [0.717, 1.165) is 18.1 Å². The van der Waals surface area contributed by atoms with Gasteiger partial charge in [-0.15, -0.1) is 0 Å². The van der Waals surface area contributed by atoms with E-state index < -0.39 is 0 Å². The molecule has 1 atom stereocenters. The Morgan fingerprint density at radius 2 is 2.09 bits per heavy atom. The number of rotatable bonds is 6. The quantitative estimate of drug-likeness (QED) is 0.794. The zero-order valence-corrected chi connectivity index (χ0v) is 15.1. The van der Waals surface area contributed by atoms with Gasteiger partial charge in [-0.25, -0.2) is 0 Å². The van der Waals surface area contributed by atoms with Crippen molar-refractivity contribution in [3.63, 3.8) is 0 Å². The van der Waals surface area contributed by atoms with Crippen LogP contribution < -0.4 is 4.74 Å². The maximum Gasteiger partial charge on any atom is 0.243 e. The van der Waals surface area contributed by atoms with E-state index in [-0.39, 0.29) is 11.5 Å². The van der Waals surface area contributed by atoms with Gasteiger partial charge in [-0.3, -0.25) is 4.90 Å². The third-order valence-electron chi connectivity index (χ3n) is 3.64. The Balaban J connectivity index is 1.87. The SMILES string of the molecule is CC(c1nc(C(C)(C)C)no1)N(C)CCOc1cccc(Cl)c1. The summed E-state index contributed by atoms with van der Waals surface area (Å²) >= 11 is 5.94. The fourth-order valence-electron chi connectivity index (χ4n) is 1.96. The van der Waals surface area contributed by atoms with Gasteiger partial charge in [-0.05, 0) is 32.2 Å². The average Bonchev–Trinajstić information content (AvgIpc) is 2.96. The van der Waals surface area contributed by atoms with Crippen LogP contribution in [0.3, 0.4) is 0 Å². The molecule has 23 heavy (non-hydrogen) atoms. The second-order valence-corrected chi connectivity index (χ2v) is 7.11. The minimum absolute atomic E-state index is 0.0292. The van der Waals surface area contributed by atoms with Gasteiger partial charge in [0.2, 0.25) is 5.89 Å². The van der Waals surface area contributed by atoms with Crippen LogP contribution in [0.1, 0.15) is 45.5 Å². The van der Waals surface area contributed by atoms with E-state index in [4.69, 9.17) is 20.9 Å². The lowest BCUT2D eigenvalue weighted by molar-refractivity contribution is 0.173. The molecule has 0 fully saturated rings. The molecular formula is C17H24ClN3O2. The zero-order valence-electron chi connectivity index (χ0n) is 14.3. The number of hydrogen-bond donors (Lipinski definition) is 0. The maximum absolute atomic E-state index is 5.94. The van der Waals surface area contributed by atoms with Crippen LogP contribution in [0.4, 0.5) is 0 Å². The van der Waals surface area contributed by atoms with Crippen LogP contribution in [0, 0.1) is 0 Å². The topological polar surface area (TPSA) is 51.4 Å². The van der Waals surface area contributed by atoms with Crippen molar-refractivity contribution in [3.8, 4) is 5.75 Å². The molecule has 0 saturated heterocycles. The summed E-state index contributed by atoms with van der Waals surface area (Å²) in [4.78, 5) is 6.62. The maximum atomic E-state index is 5.94. The smallest absolute Gasteiger partial charge is 0.243 e. The number of aromatic nitrogens is 2. The highest BCUT2D eigenvalue weighted by molar-refractivity contribution is 6.30. The van der Waals surface area contributed by atoms with Gasteiger partial charge in [0.25, 0.3) is 0 Å². The molecule has 1 aromatic heterocycles. The summed E-state index contributed by atoms with van der Waals surface area (Å²) in [6.45, 7) is 9.53. The number of hydrogen-bond acceptors (Lipinski definition) is 5. The molecule has 0 aliphatic carbocycles. The summed E-state index contributed by atoms with van der Waals surface area (Å²) < 4.78 is 11.1. The van der Waals surface area contributed by atoms with Gasteiger partial charge in [0, 0.05) is 17.0 Å². The summed E-state index contributed by atoms with van der Waals surface area (Å²) in [6, 6.07) is 7.42. The molecular weight excluding hydrogens is 314 g/mol. The van der Waals surface area contributed by atoms with Crippen molar-refractivity contribution in [2.75, 3.05) is 20.2 Å². The first kappa shape index (κ1) is 17.8. The molecule has 126 valence electrons. The average molecular weight is 338 g/mol. The molecule has 5 nitrogen and oxygen atoms in total. The molecule has 0 saturated carbocycles. The van der Waals surface area contributed by atoms with Crippen LogP contribution in [-0.2, 0) is 5.41 Å². The van der Waals surface area contributed by atoms with Crippen molar-refractivity contribution in [1.29, 1.82) is 0 Å². The van der Waals surface area contributed by atoms with Crippen molar-refractivity contribution < 1.29 is 9.26 Å². The lowest BCUT2D eigenvalue weighted by Gasteiger charge is -2.21. The molecule has 6 heteroatoms. The Bertz CT molecular complexity index is 637. The molecule has 0 radical (unpaired) electrons. The monoisotopic (exact) mass is 337 g/mol. The molecule has 0 amide bonds. The van der Waals surface area contributed by atoms with E-state index in [0.29, 0.717) is 17.5 Å². The van der Waals surface area contributed by atoms with E-state index in [2.05, 4.69) is 35.8 Å². The van der Waals surface area contributed by atoms with Crippen molar-refractivity contribution in [3.05, 3.63) is 41.0 Å². The Morgan fingerprint density at radius 1 is 1.35 bits per heavy atom. The molecule has 0 aliphatic heterocycles. The highest BCUT2D eigenvalue weighted by Gasteiger charge is 2.24. The Kier molecular flexibility index (Phi) is 5.65. The second-order valence-electron chi connectivity index (χ2n) is 6.67. The molecule has 2 aromatic rings. The van der Waals surface area contributed by atoms with Crippen LogP contribution in [0.2, 0.25) is 5.02 Å². The minimum atomic E-state index is -0.115. The van der Waals surface area contributed by atoms with Crippen LogP contribution >= 0.6 is 11.6 Å². The Labute approximate surface area is 142 Å². The number of nitrogens with zero attached hydrogens (tertiary/aromatic N) is 3. The normalized spacial score (nSPS) is 13.3.